The van der Waals surface area contributed by atoms with Crippen molar-refractivity contribution in [3.63, 3.8) is 0 Å². The Morgan fingerprint density at radius 1 is 1.26 bits per heavy atom. The zero-order valence-corrected chi connectivity index (χ0v) is 18.4. The van der Waals surface area contributed by atoms with Gasteiger partial charge in [0.1, 0.15) is 17.5 Å². The van der Waals surface area contributed by atoms with Crippen LogP contribution in [0.1, 0.15) is 35.6 Å². The first kappa shape index (κ1) is 26.0. The summed E-state index contributed by atoms with van der Waals surface area (Å²) in [7, 11) is 1.56. The van der Waals surface area contributed by atoms with Gasteiger partial charge in [0.15, 0.2) is 5.82 Å². The van der Waals surface area contributed by atoms with Gasteiger partial charge in [-0.25, -0.2) is 18.7 Å². The fraction of sp³-hybridized carbons (Fsp3) is 0.364. The van der Waals surface area contributed by atoms with Gasteiger partial charge in [-0.2, -0.15) is 0 Å². The molecule has 35 heavy (non-hydrogen) atoms. The van der Waals surface area contributed by atoms with E-state index < -0.39 is 42.5 Å². The maximum Gasteiger partial charge on any atom is 0.573 e. The van der Waals surface area contributed by atoms with Gasteiger partial charge in [0, 0.05) is 31.4 Å². The lowest BCUT2D eigenvalue weighted by Crippen LogP contribution is -2.54. The number of amides is 1. The van der Waals surface area contributed by atoms with Crippen molar-refractivity contribution in [1.82, 2.24) is 20.6 Å². The maximum absolute atomic E-state index is 13.9. The number of ether oxygens (including phenoxy) is 1. The third-order valence-electron chi connectivity index (χ3n) is 5.21. The van der Waals surface area contributed by atoms with E-state index in [0.717, 1.165) is 18.3 Å². The van der Waals surface area contributed by atoms with Gasteiger partial charge in [0.2, 0.25) is 0 Å². The Kier molecular flexibility index (Phi) is 7.68. The molecule has 188 valence electrons. The Morgan fingerprint density at radius 3 is 2.54 bits per heavy atom. The average Bonchev–Trinajstić information content (AvgIpc) is 2.79. The van der Waals surface area contributed by atoms with Crippen molar-refractivity contribution in [1.29, 1.82) is 5.41 Å². The molecule has 13 heteroatoms. The summed E-state index contributed by atoms with van der Waals surface area (Å²) in [5, 5.41) is 22.6. The molecule has 1 saturated carbocycles. The largest absolute Gasteiger partial charge is 0.573 e. The van der Waals surface area contributed by atoms with Crippen LogP contribution in [0.15, 0.2) is 36.5 Å². The maximum atomic E-state index is 13.9. The predicted molar refractivity (Wildman–Crippen MR) is 116 cm³/mol. The van der Waals surface area contributed by atoms with Crippen LogP contribution in [0.2, 0.25) is 0 Å². The van der Waals surface area contributed by atoms with Crippen molar-refractivity contribution in [2.24, 2.45) is 0 Å². The van der Waals surface area contributed by atoms with Crippen molar-refractivity contribution in [3.05, 3.63) is 48.1 Å². The Bertz CT molecular complexity index is 1110. The number of nitrogens with one attached hydrogen (secondary N) is 3. The van der Waals surface area contributed by atoms with Crippen molar-refractivity contribution in [3.8, 4) is 17.0 Å². The lowest BCUT2D eigenvalue weighted by molar-refractivity contribution is -0.274. The molecule has 8 nitrogen and oxygen atoms in total. The van der Waals surface area contributed by atoms with Gasteiger partial charge in [-0.1, -0.05) is 0 Å². The molecule has 4 N–H and O–H groups in total. The van der Waals surface area contributed by atoms with Crippen LogP contribution in [-0.4, -0.2) is 58.7 Å². The second-order valence-electron chi connectivity index (χ2n) is 7.74. The summed E-state index contributed by atoms with van der Waals surface area (Å²) in [5.41, 5.74) is 0.350. The van der Waals surface area contributed by atoms with Gasteiger partial charge in [-0.05, 0) is 43.2 Å². The number of carbonyl (C=O) groups is 1. The number of aliphatic hydroxyl groups is 1. The van der Waals surface area contributed by atoms with E-state index in [1.807, 2.05) is 0 Å². The van der Waals surface area contributed by atoms with Gasteiger partial charge < -0.3 is 25.9 Å². The number of allylic oxidation sites excluding steroid dienone is 1. The number of nitrogens with zero attached hydrogens (tertiary/aromatic N) is 2. The SMILES string of the molecule is CN/C=C(\C=N)c1nc(C(=O)NC2CCCC(F)(F)C2O)cc(-c2ccc(OC(F)(F)F)cc2)n1. The topological polar surface area (TPSA) is 120 Å². The molecule has 0 aliphatic heterocycles. The van der Waals surface area contributed by atoms with Crippen LogP contribution >= 0.6 is 0 Å². The van der Waals surface area contributed by atoms with Crippen molar-refractivity contribution in [2.75, 3.05) is 7.05 Å². The number of rotatable bonds is 7. The van der Waals surface area contributed by atoms with Crippen molar-refractivity contribution >= 4 is 17.7 Å². The molecule has 2 unspecified atom stereocenters. The molecule has 0 radical (unpaired) electrons. The molecule has 2 atom stereocenters. The number of hydrogen-bond acceptors (Lipinski definition) is 7. The third kappa shape index (κ3) is 6.50. The van der Waals surface area contributed by atoms with Crippen LogP contribution in [-0.2, 0) is 0 Å². The molecule has 1 aromatic carbocycles. The van der Waals surface area contributed by atoms with E-state index in [1.54, 1.807) is 7.05 Å². The molecule has 1 amide bonds. The molecular weight excluding hydrogens is 477 g/mol. The summed E-state index contributed by atoms with van der Waals surface area (Å²) < 4.78 is 68.9. The molecule has 3 rings (SSSR count). The van der Waals surface area contributed by atoms with Crippen LogP contribution in [0.25, 0.3) is 16.8 Å². The van der Waals surface area contributed by atoms with Crippen LogP contribution in [0, 0.1) is 5.41 Å². The molecule has 1 heterocycles. The molecule has 0 spiro atoms. The van der Waals surface area contributed by atoms with Crippen molar-refractivity contribution in [2.45, 2.75) is 43.7 Å². The van der Waals surface area contributed by atoms with E-state index in [-0.39, 0.29) is 35.6 Å². The summed E-state index contributed by atoms with van der Waals surface area (Å²) in [6.07, 6.45) is -4.88. The van der Waals surface area contributed by atoms with E-state index >= 15 is 0 Å². The second kappa shape index (κ2) is 10.3. The quantitative estimate of drug-likeness (QED) is 0.342. The fourth-order valence-corrected chi connectivity index (χ4v) is 3.55. The molecule has 1 fully saturated rings. The van der Waals surface area contributed by atoms with Gasteiger partial charge >= 0.3 is 6.36 Å². The van der Waals surface area contributed by atoms with Crippen LogP contribution in [0.5, 0.6) is 5.75 Å². The smallest absolute Gasteiger partial charge is 0.406 e. The summed E-state index contributed by atoms with van der Waals surface area (Å²) in [6.45, 7) is 0. The predicted octanol–water partition coefficient (Wildman–Crippen LogP) is 3.53. The minimum atomic E-state index is -4.87. The molecular formula is C22H22F5N5O3. The van der Waals surface area contributed by atoms with Gasteiger partial charge in [-0.3, -0.25) is 4.79 Å². The average molecular weight is 499 g/mol. The summed E-state index contributed by atoms with van der Waals surface area (Å²) >= 11 is 0. The first-order valence-electron chi connectivity index (χ1n) is 10.4. The lowest BCUT2D eigenvalue weighted by atomic mass is 9.89. The molecule has 1 aromatic heterocycles. The normalized spacial score (nSPS) is 20.1. The van der Waals surface area contributed by atoms with Gasteiger partial charge in [0.25, 0.3) is 11.8 Å². The summed E-state index contributed by atoms with van der Waals surface area (Å²) in [4.78, 5) is 21.3. The zero-order chi connectivity index (χ0) is 25.8. The Hall–Kier alpha value is -3.61. The highest BCUT2D eigenvalue weighted by atomic mass is 19.4. The fourth-order valence-electron chi connectivity index (χ4n) is 3.55. The first-order chi connectivity index (χ1) is 16.4. The zero-order valence-electron chi connectivity index (χ0n) is 18.4. The molecule has 1 aliphatic rings. The number of halogens is 5. The number of aliphatic hydroxyl groups excluding tert-OH is 1. The number of benzene rings is 1. The number of aromatic nitrogens is 2. The van der Waals surface area contributed by atoms with Crippen molar-refractivity contribution < 1.29 is 36.6 Å². The highest BCUT2D eigenvalue weighted by molar-refractivity contribution is 6.07. The minimum Gasteiger partial charge on any atom is -0.406 e. The highest BCUT2D eigenvalue weighted by Crippen LogP contribution is 2.34. The standard InChI is InChI=1S/C22H22F5N5O3/c1-29-11-13(10-28)19-30-16(12-4-6-14(7-5-12)35-22(25,26)27)9-17(31-19)20(34)32-15-3-2-8-21(23,24)18(15)33/h4-7,9-11,15,18,28-29,33H,2-3,8H2,1H3,(H,32,34)/b13-11+,28-10?. The highest BCUT2D eigenvalue weighted by Gasteiger charge is 2.46. The van der Waals surface area contributed by atoms with Gasteiger partial charge in [0.05, 0.1) is 17.3 Å². The van der Waals surface area contributed by atoms with E-state index in [0.29, 0.717) is 5.56 Å². The van der Waals surface area contributed by atoms with E-state index in [4.69, 9.17) is 5.41 Å². The van der Waals surface area contributed by atoms with Crippen LogP contribution < -0.4 is 15.4 Å². The Balaban J connectivity index is 1.97. The third-order valence-corrected chi connectivity index (χ3v) is 5.21. The monoisotopic (exact) mass is 499 g/mol. The lowest BCUT2D eigenvalue weighted by Gasteiger charge is -2.34. The second-order valence-corrected chi connectivity index (χ2v) is 7.74. The van der Waals surface area contributed by atoms with Crippen LogP contribution in [0.4, 0.5) is 22.0 Å². The Morgan fingerprint density at radius 2 is 1.94 bits per heavy atom. The van der Waals surface area contributed by atoms with E-state index in [2.05, 4.69) is 25.3 Å². The summed E-state index contributed by atoms with van der Waals surface area (Å²) in [5.74, 6) is -4.73. The minimum absolute atomic E-state index is 0.0675. The van der Waals surface area contributed by atoms with Crippen LogP contribution in [0.3, 0.4) is 0 Å². The molecule has 2 aromatic rings. The van der Waals surface area contributed by atoms with Gasteiger partial charge in [-0.15, -0.1) is 13.2 Å². The number of carbonyl (C=O) groups excluding carboxylic acids is 1. The number of alkyl halides is 5. The first-order valence-corrected chi connectivity index (χ1v) is 10.4. The molecule has 0 bridgehead atoms. The van der Waals surface area contributed by atoms with E-state index in [9.17, 15) is 31.9 Å². The number of hydrogen-bond donors (Lipinski definition) is 4. The summed E-state index contributed by atoms with van der Waals surface area (Å²) in [6, 6.07) is 4.71. The van der Waals surface area contributed by atoms with E-state index in [1.165, 1.54) is 24.4 Å². The molecule has 1 aliphatic carbocycles. The molecule has 0 saturated heterocycles. The Labute approximate surface area is 196 Å².